The average Bonchev–Trinajstić information content (AvgIpc) is 2.63. The number of hydrogen-bond donors (Lipinski definition) is 3. The van der Waals surface area contributed by atoms with Gasteiger partial charge in [0.2, 0.25) is 5.43 Å². The third kappa shape index (κ3) is 2.97. The molecule has 0 radical (unpaired) electrons. The van der Waals surface area contributed by atoms with Crippen molar-refractivity contribution in [3.05, 3.63) is 63.7 Å². The largest absolute Gasteiger partial charge is 0.477 e. The van der Waals surface area contributed by atoms with E-state index in [0.717, 1.165) is 22.9 Å². The Labute approximate surface area is 161 Å². The summed E-state index contributed by atoms with van der Waals surface area (Å²) >= 11 is 0. The molecule has 7 nitrogen and oxygen atoms in total. The number of halogens is 3. The first-order valence-electron chi connectivity index (χ1n) is 8.55. The van der Waals surface area contributed by atoms with E-state index in [2.05, 4.69) is 0 Å². The van der Waals surface area contributed by atoms with Gasteiger partial charge >= 0.3 is 5.97 Å². The van der Waals surface area contributed by atoms with Gasteiger partial charge in [-0.2, -0.15) is 0 Å². The van der Waals surface area contributed by atoms with E-state index in [9.17, 15) is 27.9 Å². The standard InChI is InChI=1S/C19H15F3N4O3/c20-11-2-13(22)17(3-14(11)24)26-7-10(19(28)29)18(27)9-1-12(21)16(4-15(9)26)25-5-8(23)6-25/h1-4,7-8H,5-6,23-24H2,(H,28,29). The molecule has 1 aliphatic heterocycles. The lowest BCUT2D eigenvalue weighted by Crippen LogP contribution is -2.56. The van der Waals surface area contributed by atoms with Gasteiger partial charge in [-0.25, -0.2) is 18.0 Å². The van der Waals surface area contributed by atoms with Crippen molar-refractivity contribution in [2.75, 3.05) is 23.7 Å². The first-order valence-corrected chi connectivity index (χ1v) is 8.55. The van der Waals surface area contributed by atoms with Gasteiger partial charge < -0.3 is 26.0 Å². The van der Waals surface area contributed by atoms with Crippen molar-refractivity contribution in [3.63, 3.8) is 0 Å². The molecule has 0 saturated carbocycles. The Balaban J connectivity index is 2.07. The van der Waals surface area contributed by atoms with E-state index in [4.69, 9.17) is 11.5 Å². The molecule has 3 aromatic rings. The third-order valence-corrected chi connectivity index (χ3v) is 4.88. The second-order valence-corrected chi connectivity index (χ2v) is 6.86. The van der Waals surface area contributed by atoms with E-state index in [1.54, 1.807) is 4.90 Å². The predicted molar refractivity (Wildman–Crippen MR) is 101 cm³/mol. The Morgan fingerprint density at radius 1 is 1.03 bits per heavy atom. The van der Waals surface area contributed by atoms with Crippen LogP contribution in [-0.2, 0) is 0 Å². The number of fused-ring (bicyclic) bond motifs is 1. The summed E-state index contributed by atoms with van der Waals surface area (Å²) in [7, 11) is 0. The second kappa shape index (κ2) is 6.52. The van der Waals surface area contributed by atoms with Crippen molar-refractivity contribution in [1.29, 1.82) is 0 Å². The number of carboxylic acid groups (broad SMARTS) is 1. The van der Waals surface area contributed by atoms with E-state index in [1.165, 1.54) is 6.07 Å². The van der Waals surface area contributed by atoms with Crippen LogP contribution in [0.5, 0.6) is 0 Å². The van der Waals surface area contributed by atoms with Crippen LogP contribution in [0.25, 0.3) is 16.6 Å². The fraction of sp³-hybridized carbons (Fsp3) is 0.158. The molecule has 1 aliphatic rings. The number of pyridine rings is 1. The number of aromatic carboxylic acids is 1. The van der Waals surface area contributed by atoms with Crippen LogP contribution >= 0.6 is 0 Å². The van der Waals surface area contributed by atoms with Gasteiger partial charge in [-0.1, -0.05) is 0 Å². The minimum atomic E-state index is -1.57. The molecule has 1 aromatic heterocycles. The summed E-state index contributed by atoms with van der Waals surface area (Å²) in [6, 6.07) is 3.61. The quantitative estimate of drug-likeness (QED) is 0.574. The first kappa shape index (κ1) is 18.8. The molecule has 0 amide bonds. The topological polar surface area (TPSA) is 115 Å². The molecular weight excluding hydrogens is 389 g/mol. The molecule has 0 aliphatic carbocycles. The molecule has 1 saturated heterocycles. The summed E-state index contributed by atoms with van der Waals surface area (Å²) < 4.78 is 43.8. The Morgan fingerprint density at radius 2 is 1.69 bits per heavy atom. The average molecular weight is 404 g/mol. The lowest BCUT2D eigenvalue weighted by Gasteiger charge is -2.39. The molecule has 0 unspecified atom stereocenters. The molecule has 2 heterocycles. The third-order valence-electron chi connectivity index (χ3n) is 4.88. The zero-order chi connectivity index (χ0) is 21.0. The molecule has 0 atom stereocenters. The minimum Gasteiger partial charge on any atom is -0.477 e. The molecule has 4 rings (SSSR count). The maximum absolute atomic E-state index is 14.6. The highest BCUT2D eigenvalue weighted by atomic mass is 19.1. The van der Waals surface area contributed by atoms with E-state index in [-0.39, 0.29) is 34.0 Å². The number of nitrogen functional groups attached to an aromatic ring is 1. The number of hydrogen-bond acceptors (Lipinski definition) is 5. The smallest absolute Gasteiger partial charge is 0.341 e. The summed E-state index contributed by atoms with van der Waals surface area (Å²) in [5.74, 6) is -4.33. The van der Waals surface area contributed by atoms with Crippen LogP contribution in [0.3, 0.4) is 0 Å². The maximum Gasteiger partial charge on any atom is 0.341 e. The van der Waals surface area contributed by atoms with Gasteiger partial charge in [0.25, 0.3) is 0 Å². The van der Waals surface area contributed by atoms with Crippen molar-refractivity contribution in [1.82, 2.24) is 4.57 Å². The van der Waals surface area contributed by atoms with Gasteiger partial charge in [0.1, 0.15) is 23.0 Å². The highest BCUT2D eigenvalue weighted by Gasteiger charge is 2.27. The molecule has 29 heavy (non-hydrogen) atoms. The highest BCUT2D eigenvalue weighted by molar-refractivity contribution is 5.94. The van der Waals surface area contributed by atoms with Crippen molar-refractivity contribution in [3.8, 4) is 5.69 Å². The SMILES string of the molecule is Nc1cc(-n2cc(C(=O)O)c(=O)c3cc(F)c(N4CC(N)C4)cc32)c(F)cc1F. The highest BCUT2D eigenvalue weighted by Crippen LogP contribution is 2.30. The number of nitrogens with zero attached hydrogens (tertiary/aromatic N) is 2. The second-order valence-electron chi connectivity index (χ2n) is 6.86. The number of benzene rings is 2. The van der Waals surface area contributed by atoms with Crippen LogP contribution in [0.2, 0.25) is 0 Å². The van der Waals surface area contributed by atoms with Gasteiger partial charge in [0, 0.05) is 36.8 Å². The molecule has 5 N–H and O–H groups in total. The Kier molecular flexibility index (Phi) is 4.23. The molecule has 0 bridgehead atoms. The summed E-state index contributed by atoms with van der Waals surface area (Å²) in [6.07, 6.45) is 0.909. The van der Waals surface area contributed by atoms with E-state index < -0.39 is 34.4 Å². The molecule has 0 spiro atoms. The Hall–Kier alpha value is -3.53. The number of carbonyl (C=O) groups is 1. The summed E-state index contributed by atoms with van der Waals surface area (Å²) in [5.41, 5.74) is 9.16. The number of rotatable bonds is 3. The van der Waals surface area contributed by atoms with Crippen LogP contribution in [0.15, 0.2) is 35.3 Å². The number of carboxylic acids is 1. The van der Waals surface area contributed by atoms with Gasteiger partial charge in [-0.3, -0.25) is 4.79 Å². The first-order chi connectivity index (χ1) is 13.7. The van der Waals surface area contributed by atoms with Crippen LogP contribution in [0.4, 0.5) is 24.5 Å². The van der Waals surface area contributed by atoms with E-state index in [0.29, 0.717) is 19.2 Å². The summed E-state index contributed by atoms with van der Waals surface area (Å²) in [5, 5.41) is 9.08. The van der Waals surface area contributed by atoms with Crippen molar-refractivity contribution >= 4 is 28.2 Å². The lowest BCUT2D eigenvalue weighted by molar-refractivity contribution is 0.0695. The summed E-state index contributed by atoms with van der Waals surface area (Å²) in [4.78, 5) is 25.7. The molecule has 1 fully saturated rings. The number of anilines is 2. The zero-order valence-electron chi connectivity index (χ0n) is 14.8. The normalized spacial score (nSPS) is 14.3. The van der Waals surface area contributed by atoms with Crippen molar-refractivity contribution < 1.29 is 23.1 Å². The van der Waals surface area contributed by atoms with Crippen molar-refractivity contribution in [2.24, 2.45) is 5.73 Å². The van der Waals surface area contributed by atoms with Gasteiger partial charge in [0.05, 0.1) is 22.6 Å². The van der Waals surface area contributed by atoms with Crippen LogP contribution in [-0.4, -0.2) is 34.8 Å². The van der Waals surface area contributed by atoms with Crippen LogP contribution in [0, 0.1) is 17.5 Å². The van der Waals surface area contributed by atoms with Gasteiger partial charge in [-0.15, -0.1) is 0 Å². The summed E-state index contributed by atoms with van der Waals surface area (Å²) in [6.45, 7) is 0.773. The zero-order valence-corrected chi connectivity index (χ0v) is 14.8. The monoisotopic (exact) mass is 404 g/mol. The molecule has 2 aromatic carbocycles. The predicted octanol–water partition coefficient (Wildman–Crippen LogP) is 1.84. The van der Waals surface area contributed by atoms with Gasteiger partial charge in [-0.05, 0) is 18.2 Å². The molecule has 150 valence electrons. The number of aromatic nitrogens is 1. The number of nitrogens with two attached hydrogens (primary N) is 2. The van der Waals surface area contributed by atoms with Crippen molar-refractivity contribution in [2.45, 2.75) is 6.04 Å². The van der Waals surface area contributed by atoms with Gasteiger partial charge in [0.15, 0.2) is 0 Å². The Bertz CT molecular complexity index is 1240. The van der Waals surface area contributed by atoms with Crippen LogP contribution in [0.1, 0.15) is 10.4 Å². The minimum absolute atomic E-state index is 0.0433. The van der Waals surface area contributed by atoms with E-state index >= 15 is 0 Å². The molecule has 10 heteroatoms. The lowest BCUT2D eigenvalue weighted by atomic mass is 10.1. The molecular formula is C19H15F3N4O3. The van der Waals surface area contributed by atoms with Crippen LogP contribution < -0.4 is 21.8 Å². The fourth-order valence-corrected chi connectivity index (χ4v) is 3.38. The van der Waals surface area contributed by atoms with E-state index in [1.807, 2.05) is 0 Å². The maximum atomic E-state index is 14.6. The fourth-order valence-electron chi connectivity index (χ4n) is 3.38. The Morgan fingerprint density at radius 3 is 2.31 bits per heavy atom.